The van der Waals surface area contributed by atoms with Gasteiger partial charge in [-0.25, -0.2) is 19.6 Å². The minimum atomic E-state index is -0.480. The maximum Gasteiger partial charge on any atom is 0.344 e. The smallest absolute Gasteiger partial charge is 0.344 e. The second kappa shape index (κ2) is 14.1. The maximum absolute atomic E-state index is 13.3. The van der Waals surface area contributed by atoms with Crippen LogP contribution in [0.4, 0.5) is 0 Å². The van der Waals surface area contributed by atoms with Gasteiger partial charge in [-0.05, 0) is 83.6 Å². The normalized spacial score (nSPS) is 11.6. The number of rotatable bonds is 11. The Balaban J connectivity index is 1.15. The summed E-state index contributed by atoms with van der Waals surface area (Å²) in [4.78, 5) is 28.0. The zero-order valence-corrected chi connectivity index (χ0v) is 28.1. The molecule has 2 aromatic heterocycles. The first-order chi connectivity index (χ1) is 24.3. The van der Waals surface area contributed by atoms with Crippen molar-refractivity contribution in [2.75, 3.05) is 0 Å². The van der Waals surface area contributed by atoms with Crippen LogP contribution in [0.15, 0.2) is 109 Å². The van der Waals surface area contributed by atoms with E-state index >= 15 is 0 Å². The molecule has 2 heterocycles. The Hall–Kier alpha value is -5.65. The van der Waals surface area contributed by atoms with E-state index in [1.807, 2.05) is 48.5 Å². The van der Waals surface area contributed by atoms with E-state index in [1.165, 1.54) is 0 Å². The van der Waals surface area contributed by atoms with Gasteiger partial charge in [-0.3, -0.25) is 10.4 Å². The van der Waals surface area contributed by atoms with Gasteiger partial charge in [-0.1, -0.05) is 73.7 Å². The minimum absolute atomic E-state index is 0.0552. The molecule has 5 aromatic carbocycles. The van der Waals surface area contributed by atoms with Gasteiger partial charge in [0, 0.05) is 25.6 Å². The number of hydrogen-bond donors (Lipinski definition) is 2. The highest BCUT2D eigenvalue weighted by Gasteiger charge is 2.18. The Labute approximate surface area is 289 Å². The van der Waals surface area contributed by atoms with Crippen LogP contribution in [0.1, 0.15) is 46.2 Å². The van der Waals surface area contributed by atoms with Crippen LogP contribution in [0.2, 0.25) is 0 Å². The van der Waals surface area contributed by atoms with Gasteiger partial charge in [0.15, 0.2) is 0 Å². The molecule has 0 amide bonds. The number of esters is 1. The van der Waals surface area contributed by atoms with E-state index in [0.717, 1.165) is 74.4 Å². The standard InChI is InChI=1S/C40H37N5O5/c1-4-9-37-42-38-26(2)22-30(39-41-34-12-7-8-13-35(34)43(39)3)23-36(38)44(37)24-27-14-18-29(19-15-27)32-10-5-6-11-33(32)40(46)50-31-20-16-28(17-21-31)25-49-45(47)48/h5-8,10-23,47-48H,4,9,24-25H2,1-3H3. The molecule has 252 valence electrons. The van der Waals surface area contributed by atoms with Crippen molar-refractivity contribution in [3.63, 3.8) is 0 Å². The lowest BCUT2D eigenvalue weighted by Crippen LogP contribution is -2.14. The molecule has 0 unspecified atom stereocenters. The van der Waals surface area contributed by atoms with E-state index in [1.54, 1.807) is 30.3 Å². The van der Waals surface area contributed by atoms with Crippen molar-refractivity contribution < 1.29 is 24.8 Å². The van der Waals surface area contributed by atoms with E-state index in [0.29, 0.717) is 23.4 Å². The van der Waals surface area contributed by atoms with E-state index in [2.05, 4.69) is 65.2 Å². The predicted molar refractivity (Wildman–Crippen MR) is 191 cm³/mol. The van der Waals surface area contributed by atoms with Gasteiger partial charge in [-0.2, -0.15) is 0 Å². The monoisotopic (exact) mass is 667 g/mol. The third kappa shape index (κ3) is 6.65. The van der Waals surface area contributed by atoms with Crippen molar-refractivity contribution in [2.45, 2.75) is 39.8 Å². The van der Waals surface area contributed by atoms with Gasteiger partial charge in [0.1, 0.15) is 17.4 Å². The van der Waals surface area contributed by atoms with E-state index in [4.69, 9.17) is 25.1 Å². The largest absolute Gasteiger partial charge is 0.423 e. The molecule has 0 atom stereocenters. The molecule has 2 N–H and O–H groups in total. The van der Waals surface area contributed by atoms with Gasteiger partial charge < -0.3 is 13.9 Å². The molecule has 0 aliphatic heterocycles. The molecule has 10 heteroatoms. The summed E-state index contributed by atoms with van der Waals surface area (Å²) in [5, 5.41) is 17.1. The molecule has 10 nitrogen and oxygen atoms in total. The third-order valence-corrected chi connectivity index (χ3v) is 8.88. The number of aromatic nitrogens is 4. The van der Waals surface area contributed by atoms with Gasteiger partial charge in [0.2, 0.25) is 0 Å². The first-order valence-corrected chi connectivity index (χ1v) is 16.5. The Morgan fingerprint density at radius 2 is 1.54 bits per heavy atom. The Kier molecular flexibility index (Phi) is 9.25. The SMILES string of the molecule is CCCc1nc2c(C)cc(-c3nc4ccccc4n3C)cc2n1Cc1ccc(-c2ccccc2C(=O)Oc2ccc(CON(O)O)cc2)cc1. The summed E-state index contributed by atoms with van der Waals surface area (Å²) in [5.41, 5.74) is 10.2. The van der Waals surface area contributed by atoms with Gasteiger partial charge in [-0.15, -0.1) is 0 Å². The summed E-state index contributed by atoms with van der Waals surface area (Å²) in [6.07, 6.45) is 1.85. The lowest BCUT2D eigenvalue weighted by molar-refractivity contribution is -0.497. The summed E-state index contributed by atoms with van der Waals surface area (Å²) in [7, 11) is 2.06. The Bertz CT molecular complexity index is 2310. The fourth-order valence-corrected chi connectivity index (χ4v) is 6.40. The number of benzene rings is 5. The number of nitrogens with zero attached hydrogens (tertiary/aromatic N) is 5. The maximum atomic E-state index is 13.3. The Morgan fingerprint density at radius 3 is 2.28 bits per heavy atom. The second-order valence-electron chi connectivity index (χ2n) is 12.3. The quantitative estimate of drug-likeness (QED) is 0.0805. The van der Waals surface area contributed by atoms with Crippen molar-refractivity contribution in [1.29, 1.82) is 0 Å². The summed E-state index contributed by atoms with van der Waals surface area (Å²) in [5.74, 6) is 1.85. The predicted octanol–water partition coefficient (Wildman–Crippen LogP) is 8.30. The molecule has 0 aliphatic carbocycles. The van der Waals surface area contributed by atoms with E-state index in [9.17, 15) is 4.79 Å². The number of hydrogen-bond acceptors (Lipinski definition) is 8. The molecule has 0 spiro atoms. The molecule has 0 fully saturated rings. The molecule has 0 saturated carbocycles. The lowest BCUT2D eigenvalue weighted by atomic mass is 9.98. The topological polar surface area (TPSA) is 115 Å². The number of carbonyl (C=O) groups is 1. The summed E-state index contributed by atoms with van der Waals surface area (Å²) in [6, 6.07) is 34.8. The van der Waals surface area contributed by atoms with E-state index in [-0.39, 0.29) is 12.0 Å². The first kappa shape index (κ1) is 32.9. The highest BCUT2D eigenvalue weighted by molar-refractivity contribution is 5.98. The van der Waals surface area contributed by atoms with Crippen molar-refractivity contribution in [3.05, 3.63) is 137 Å². The average molecular weight is 668 g/mol. The molecule has 0 aliphatic rings. The van der Waals surface area contributed by atoms with Gasteiger partial charge in [0.25, 0.3) is 0 Å². The van der Waals surface area contributed by atoms with Crippen LogP contribution >= 0.6 is 0 Å². The van der Waals surface area contributed by atoms with Crippen molar-refractivity contribution in [1.82, 2.24) is 24.5 Å². The number of aryl methyl sites for hydroxylation is 3. The molecular weight excluding hydrogens is 630 g/mol. The molecule has 0 saturated heterocycles. The number of ether oxygens (including phenoxy) is 1. The number of para-hydroxylation sites is 2. The van der Waals surface area contributed by atoms with Crippen LogP contribution in [-0.4, -0.2) is 40.9 Å². The number of imidazole rings is 2. The minimum Gasteiger partial charge on any atom is -0.423 e. The van der Waals surface area contributed by atoms with Gasteiger partial charge >= 0.3 is 5.97 Å². The molecule has 7 rings (SSSR count). The second-order valence-corrected chi connectivity index (χ2v) is 12.3. The van der Waals surface area contributed by atoms with Crippen LogP contribution < -0.4 is 4.74 Å². The van der Waals surface area contributed by atoms with Crippen LogP contribution in [0.5, 0.6) is 5.75 Å². The number of fused-ring (bicyclic) bond motifs is 2. The zero-order valence-electron chi connectivity index (χ0n) is 28.1. The van der Waals surface area contributed by atoms with Crippen LogP contribution in [0, 0.1) is 6.92 Å². The fraction of sp³-hybridized carbons (Fsp3) is 0.175. The molecule has 50 heavy (non-hydrogen) atoms. The fourth-order valence-electron chi connectivity index (χ4n) is 6.40. The summed E-state index contributed by atoms with van der Waals surface area (Å²) >= 11 is 0. The average Bonchev–Trinajstić information content (AvgIpc) is 3.65. The van der Waals surface area contributed by atoms with Gasteiger partial charge in [0.05, 0.1) is 39.6 Å². The van der Waals surface area contributed by atoms with Crippen molar-refractivity contribution >= 4 is 28.0 Å². The van der Waals surface area contributed by atoms with Crippen LogP contribution in [0.3, 0.4) is 0 Å². The Morgan fingerprint density at radius 1 is 0.820 bits per heavy atom. The highest BCUT2D eigenvalue weighted by atomic mass is 17.1. The molecule has 0 radical (unpaired) electrons. The zero-order chi connectivity index (χ0) is 34.8. The third-order valence-electron chi connectivity index (χ3n) is 8.88. The summed E-state index contributed by atoms with van der Waals surface area (Å²) in [6.45, 7) is 4.89. The van der Waals surface area contributed by atoms with Crippen molar-refractivity contribution in [2.24, 2.45) is 7.05 Å². The molecule has 7 aromatic rings. The highest BCUT2D eigenvalue weighted by Crippen LogP contribution is 2.31. The van der Waals surface area contributed by atoms with Crippen LogP contribution in [-0.2, 0) is 31.5 Å². The number of carbonyl (C=O) groups excluding carboxylic acids is 1. The summed E-state index contributed by atoms with van der Waals surface area (Å²) < 4.78 is 10.1. The molecule has 0 bridgehead atoms. The van der Waals surface area contributed by atoms with Crippen molar-refractivity contribution in [3.8, 4) is 28.3 Å². The molecular formula is C40H37N5O5. The van der Waals surface area contributed by atoms with Crippen LogP contribution in [0.25, 0.3) is 44.6 Å². The first-order valence-electron chi connectivity index (χ1n) is 16.5. The van der Waals surface area contributed by atoms with E-state index < -0.39 is 5.97 Å². The lowest BCUT2D eigenvalue weighted by Gasteiger charge is -2.13.